The second kappa shape index (κ2) is 7.70. The Labute approximate surface area is 150 Å². The van der Waals surface area contributed by atoms with E-state index in [0.29, 0.717) is 11.8 Å². The molecule has 2 aromatic rings. The zero-order valence-corrected chi connectivity index (χ0v) is 14.6. The Morgan fingerprint density at radius 3 is 2.68 bits per heavy atom. The van der Waals surface area contributed by atoms with E-state index in [1.54, 1.807) is 16.7 Å². The van der Waals surface area contributed by atoms with Crippen LogP contribution in [0.5, 0.6) is 0 Å². The molecule has 0 aromatic heterocycles. The van der Waals surface area contributed by atoms with Crippen molar-refractivity contribution >= 4 is 29.3 Å². The minimum Gasteiger partial charge on any atom is -0.452 e. The van der Waals surface area contributed by atoms with Crippen molar-refractivity contribution in [1.82, 2.24) is 0 Å². The molecule has 0 N–H and O–H groups in total. The maximum atomic E-state index is 12.9. The van der Waals surface area contributed by atoms with Gasteiger partial charge in [-0.25, -0.2) is 9.18 Å². The molecule has 0 saturated carbocycles. The van der Waals surface area contributed by atoms with Gasteiger partial charge in [0.15, 0.2) is 6.61 Å². The highest BCUT2D eigenvalue weighted by atomic mass is 32.2. The second-order valence-electron chi connectivity index (χ2n) is 5.81. The van der Waals surface area contributed by atoms with Crippen molar-refractivity contribution in [2.24, 2.45) is 0 Å². The maximum Gasteiger partial charge on any atom is 0.338 e. The van der Waals surface area contributed by atoms with E-state index in [1.165, 1.54) is 24.3 Å². The van der Waals surface area contributed by atoms with Crippen LogP contribution in [-0.4, -0.2) is 30.3 Å². The van der Waals surface area contributed by atoms with E-state index in [0.717, 1.165) is 17.0 Å². The molecule has 2 aromatic carbocycles. The highest BCUT2D eigenvalue weighted by Crippen LogP contribution is 2.37. The van der Waals surface area contributed by atoms with Crippen molar-refractivity contribution < 1.29 is 18.7 Å². The third kappa shape index (κ3) is 4.20. The minimum absolute atomic E-state index is 0.217. The molecule has 25 heavy (non-hydrogen) atoms. The van der Waals surface area contributed by atoms with E-state index in [1.807, 2.05) is 24.3 Å². The van der Waals surface area contributed by atoms with Crippen molar-refractivity contribution in [1.29, 1.82) is 0 Å². The summed E-state index contributed by atoms with van der Waals surface area (Å²) >= 11 is 1.74. The lowest BCUT2D eigenvalue weighted by atomic mass is 10.2. The van der Waals surface area contributed by atoms with Crippen LogP contribution in [0.15, 0.2) is 53.4 Å². The van der Waals surface area contributed by atoms with Gasteiger partial charge in [-0.15, -0.1) is 11.8 Å². The van der Waals surface area contributed by atoms with E-state index in [9.17, 15) is 14.0 Å². The van der Waals surface area contributed by atoms with Gasteiger partial charge in [0.05, 0.1) is 11.3 Å². The number of hydrogen-bond acceptors (Lipinski definition) is 4. The predicted molar refractivity (Wildman–Crippen MR) is 95.4 cm³/mol. The predicted octanol–water partition coefficient (Wildman–Crippen LogP) is 3.90. The molecule has 0 spiro atoms. The van der Waals surface area contributed by atoms with Gasteiger partial charge >= 0.3 is 5.97 Å². The quantitative estimate of drug-likeness (QED) is 0.780. The first-order valence-corrected chi connectivity index (χ1v) is 8.91. The number of rotatable bonds is 3. The van der Waals surface area contributed by atoms with Gasteiger partial charge in [0.2, 0.25) is 0 Å². The Morgan fingerprint density at radius 1 is 1.20 bits per heavy atom. The second-order valence-corrected chi connectivity index (χ2v) is 7.29. The van der Waals surface area contributed by atoms with E-state index in [2.05, 4.69) is 6.92 Å². The lowest BCUT2D eigenvalue weighted by Gasteiger charge is -2.22. The summed E-state index contributed by atoms with van der Waals surface area (Å²) in [6.45, 7) is 2.37. The first kappa shape index (κ1) is 17.5. The van der Waals surface area contributed by atoms with Gasteiger partial charge in [-0.1, -0.05) is 19.1 Å². The number of anilines is 1. The zero-order chi connectivity index (χ0) is 17.8. The van der Waals surface area contributed by atoms with Crippen molar-refractivity contribution in [3.05, 3.63) is 59.9 Å². The molecule has 1 heterocycles. The lowest BCUT2D eigenvalue weighted by Crippen LogP contribution is -2.35. The van der Waals surface area contributed by atoms with Crippen LogP contribution < -0.4 is 4.90 Å². The summed E-state index contributed by atoms with van der Waals surface area (Å²) in [5.74, 6) is -1.34. The molecule has 0 aliphatic carbocycles. The van der Waals surface area contributed by atoms with Crippen LogP contribution in [0.1, 0.15) is 23.7 Å². The summed E-state index contributed by atoms with van der Waals surface area (Å²) in [5, 5.41) is 0.403. The number of hydrogen-bond donors (Lipinski definition) is 0. The number of nitrogens with zero attached hydrogens (tertiary/aromatic N) is 1. The van der Waals surface area contributed by atoms with Crippen LogP contribution in [0.3, 0.4) is 0 Å². The molecule has 1 aliphatic heterocycles. The molecule has 3 rings (SSSR count). The fourth-order valence-electron chi connectivity index (χ4n) is 2.62. The standard InChI is InChI=1S/C19H18FNO3S/c1-13-10-11-21(16-4-2-3-5-17(16)25-13)18(22)12-24-19(23)14-6-8-15(20)9-7-14/h2-9,13H,10-12H2,1H3/t13-/m0/s1. The van der Waals surface area contributed by atoms with Gasteiger partial charge in [-0.2, -0.15) is 0 Å². The number of para-hydroxylation sites is 1. The van der Waals surface area contributed by atoms with Crippen molar-refractivity contribution in [3.63, 3.8) is 0 Å². The molecular formula is C19H18FNO3S. The molecule has 0 saturated heterocycles. The number of amides is 1. The van der Waals surface area contributed by atoms with Crippen LogP contribution in [0.25, 0.3) is 0 Å². The van der Waals surface area contributed by atoms with Crippen molar-refractivity contribution in [2.45, 2.75) is 23.5 Å². The molecule has 4 nitrogen and oxygen atoms in total. The number of esters is 1. The first-order chi connectivity index (χ1) is 12.0. The van der Waals surface area contributed by atoms with Crippen molar-refractivity contribution in [2.75, 3.05) is 18.1 Å². The Kier molecular flexibility index (Phi) is 5.38. The number of fused-ring (bicyclic) bond motifs is 1. The molecular weight excluding hydrogens is 341 g/mol. The minimum atomic E-state index is -0.640. The number of benzene rings is 2. The van der Waals surface area contributed by atoms with Crippen LogP contribution in [0.4, 0.5) is 10.1 Å². The zero-order valence-electron chi connectivity index (χ0n) is 13.8. The average Bonchev–Trinajstić information content (AvgIpc) is 2.78. The van der Waals surface area contributed by atoms with Crippen LogP contribution >= 0.6 is 11.8 Å². The summed E-state index contributed by atoms with van der Waals surface area (Å²) in [4.78, 5) is 27.3. The first-order valence-electron chi connectivity index (χ1n) is 8.03. The van der Waals surface area contributed by atoms with Crippen LogP contribution in [0, 0.1) is 5.82 Å². The largest absolute Gasteiger partial charge is 0.452 e. The normalized spacial score (nSPS) is 16.7. The van der Waals surface area contributed by atoms with Gasteiger partial charge in [0.1, 0.15) is 5.82 Å². The highest BCUT2D eigenvalue weighted by molar-refractivity contribution is 8.00. The van der Waals surface area contributed by atoms with Gasteiger partial charge in [0.25, 0.3) is 5.91 Å². The summed E-state index contributed by atoms with van der Waals surface area (Å²) < 4.78 is 18.0. The topological polar surface area (TPSA) is 46.6 Å². The SMILES string of the molecule is C[C@H]1CCN(C(=O)COC(=O)c2ccc(F)cc2)c2ccccc2S1. The number of carbonyl (C=O) groups excluding carboxylic acids is 2. The van der Waals surface area contributed by atoms with Gasteiger partial charge in [-0.05, 0) is 42.8 Å². The molecule has 0 radical (unpaired) electrons. The Bertz CT molecular complexity index is 778. The fourth-order valence-corrected chi connectivity index (χ4v) is 3.73. The molecule has 1 aliphatic rings. The summed E-state index contributed by atoms with van der Waals surface area (Å²) in [6.07, 6.45) is 0.858. The van der Waals surface area contributed by atoms with E-state index < -0.39 is 11.8 Å². The third-order valence-electron chi connectivity index (χ3n) is 3.95. The molecule has 0 bridgehead atoms. The molecule has 0 unspecified atom stereocenters. The lowest BCUT2D eigenvalue weighted by molar-refractivity contribution is -0.121. The van der Waals surface area contributed by atoms with Gasteiger partial charge < -0.3 is 9.64 Å². The highest BCUT2D eigenvalue weighted by Gasteiger charge is 2.24. The molecule has 0 fully saturated rings. The smallest absolute Gasteiger partial charge is 0.338 e. The van der Waals surface area contributed by atoms with Crippen LogP contribution in [-0.2, 0) is 9.53 Å². The van der Waals surface area contributed by atoms with E-state index in [4.69, 9.17) is 4.74 Å². The third-order valence-corrected chi connectivity index (χ3v) is 5.19. The van der Waals surface area contributed by atoms with E-state index in [-0.39, 0.29) is 18.1 Å². The van der Waals surface area contributed by atoms with Crippen LogP contribution in [0.2, 0.25) is 0 Å². The number of halogens is 1. The molecule has 6 heteroatoms. The molecule has 1 amide bonds. The summed E-state index contributed by atoms with van der Waals surface area (Å²) in [7, 11) is 0. The summed E-state index contributed by atoms with van der Waals surface area (Å²) in [5.41, 5.74) is 1.06. The summed E-state index contributed by atoms with van der Waals surface area (Å²) in [6, 6.07) is 12.8. The number of carbonyl (C=O) groups is 2. The van der Waals surface area contributed by atoms with Crippen molar-refractivity contribution in [3.8, 4) is 0 Å². The van der Waals surface area contributed by atoms with Gasteiger partial charge in [-0.3, -0.25) is 4.79 Å². The Hall–Kier alpha value is -2.34. The monoisotopic (exact) mass is 359 g/mol. The Balaban J connectivity index is 1.68. The van der Waals surface area contributed by atoms with E-state index >= 15 is 0 Å². The average molecular weight is 359 g/mol. The molecule has 1 atom stereocenters. The molecule has 130 valence electrons. The number of thioether (sulfide) groups is 1. The maximum absolute atomic E-state index is 12.9. The Morgan fingerprint density at radius 2 is 1.92 bits per heavy atom. The number of ether oxygens (including phenoxy) is 1. The van der Waals surface area contributed by atoms with Gasteiger partial charge in [0, 0.05) is 16.7 Å². The fraction of sp³-hybridized carbons (Fsp3) is 0.263.